The first-order valence-electron chi connectivity index (χ1n) is 11.6. The molecule has 0 spiro atoms. The Balaban J connectivity index is 1.80. The predicted molar refractivity (Wildman–Crippen MR) is 129 cm³/mol. The van der Waals surface area contributed by atoms with Crippen LogP contribution in [-0.2, 0) is 27.3 Å². The summed E-state index contributed by atoms with van der Waals surface area (Å²) in [6, 6.07) is 13.8. The van der Waals surface area contributed by atoms with Crippen LogP contribution in [-0.4, -0.2) is 37.0 Å². The Hall–Kier alpha value is -3.35. The number of anilines is 2. The van der Waals surface area contributed by atoms with E-state index in [9.17, 15) is 14.4 Å². The van der Waals surface area contributed by atoms with Gasteiger partial charge in [0.2, 0.25) is 5.91 Å². The topological polar surface area (TPSA) is 87.7 Å². The zero-order chi connectivity index (χ0) is 23.8. The maximum absolute atomic E-state index is 13.1. The highest BCUT2D eigenvalue weighted by atomic mass is 16.5. The minimum Gasteiger partial charge on any atom is -0.466 e. The van der Waals surface area contributed by atoms with Crippen molar-refractivity contribution < 1.29 is 19.1 Å². The first-order valence-corrected chi connectivity index (χ1v) is 11.6. The Labute approximate surface area is 195 Å². The summed E-state index contributed by atoms with van der Waals surface area (Å²) in [7, 11) is 0. The van der Waals surface area contributed by atoms with Crippen molar-refractivity contribution >= 4 is 29.2 Å². The lowest BCUT2D eigenvalue weighted by Gasteiger charge is -2.32. The number of carbonyl (C=O) groups is 3. The molecule has 0 aliphatic carbocycles. The van der Waals surface area contributed by atoms with Crippen LogP contribution in [0.3, 0.4) is 0 Å². The summed E-state index contributed by atoms with van der Waals surface area (Å²) in [6.07, 6.45) is 1.78. The third-order valence-electron chi connectivity index (χ3n) is 5.85. The highest BCUT2D eigenvalue weighted by Crippen LogP contribution is 2.30. The van der Waals surface area contributed by atoms with Crippen LogP contribution in [0.2, 0.25) is 0 Å². The molecule has 3 rings (SSSR count). The van der Waals surface area contributed by atoms with Gasteiger partial charge in [0.1, 0.15) is 0 Å². The zero-order valence-corrected chi connectivity index (χ0v) is 19.6. The average molecular weight is 452 g/mol. The summed E-state index contributed by atoms with van der Waals surface area (Å²) in [6.45, 7) is 7.55. The molecule has 0 aromatic heterocycles. The Morgan fingerprint density at radius 3 is 2.55 bits per heavy atom. The van der Waals surface area contributed by atoms with Crippen LogP contribution in [0.1, 0.15) is 61.5 Å². The molecule has 2 N–H and O–H groups in total. The van der Waals surface area contributed by atoms with E-state index in [-0.39, 0.29) is 37.3 Å². The molecular formula is C26H33N3O4. The molecular weight excluding hydrogens is 418 g/mol. The van der Waals surface area contributed by atoms with Crippen LogP contribution in [0.25, 0.3) is 0 Å². The summed E-state index contributed by atoms with van der Waals surface area (Å²) < 4.78 is 4.87. The molecule has 7 heteroatoms. The molecule has 176 valence electrons. The summed E-state index contributed by atoms with van der Waals surface area (Å²) in [5.74, 6) is -0.862. The monoisotopic (exact) mass is 451 g/mol. The molecule has 2 amide bonds. The molecule has 2 aromatic carbocycles. The van der Waals surface area contributed by atoms with Crippen LogP contribution in [0, 0.1) is 0 Å². The van der Waals surface area contributed by atoms with Gasteiger partial charge < -0.3 is 20.3 Å². The molecule has 1 atom stereocenters. The fourth-order valence-corrected chi connectivity index (χ4v) is 3.85. The average Bonchev–Trinajstić information content (AvgIpc) is 2.82. The molecule has 1 aliphatic heterocycles. The van der Waals surface area contributed by atoms with Gasteiger partial charge in [-0.3, -0.25) is 14.4 Å². The minimum atomic E-state index is -0.401. The Morgan fingerprint density at radius 2 is 1.82 bits per heavy atom. The number of benzene rings is 2. The highest BCUT2D eigenvalue weighted by Gasteiger charge is 2.22. The van der Waals surface area contributed by atoms with Gasteiger partial charge in [0, 0.05) is 36.9 Å². The van der Waals surface area contributed by atoms with E-state index in [1.54, 1.807) is 19.1 Å². The van der Waals surface area contributed by atoms with Crippen molar-refractivity contribution in [1.29, 1.82) is 0 Å². The number of esters is 1. The fourth-order valence-electron chi connectivity index (χ4n) is 3.85. The van der Waals surface area contributed by atoms with Gasteiger partial charge in [-0.2, -0.15) is 0 Å². The molecule has 7 nitrogen and oxygen atoms in total. The van der Waals surface area contributed by atoms with E-state index in [1.165, 1.54) is 11.1 Å². The second kappa shape index (κ2) is 11.5. The first kappa shape index (κ1) is 24.3. The normalized spacial score (nSPS) is 13.6. The lowest BCUT2D eigenvalue weighted by molar-refractivity contribution is -0.144. The number of ether oxygens (including phenoxy) is 1. The Kier molecular flexibility index (Phi) is 8.46. The van der Waals surface area contributed by atoms with Crippen molar-refractivity contribution in [2.75, 3.05) is 23.4 Å². The quantitative estimate of drug-likeness (QED) is 0.562. The minimum absolute atomic E-state index is 0.0201. The molecule has 1 unspecified atom stereocenters. The van der Waals surface area contributed by atoms with E-state index in [2.05, 4.69) is 33.7 Å². The molecule has 0 radical (unpaired) electrons. The Bertz CT molecular complexity index is 1000. The largest absolute Gasteiger partial charge is 0.466 e. The van der Waals surface area contributed by atoms with Gasteiger partial charge in [0.05, 0.1) is 18.6 Å². The molecule has 1 aliphatic rings. The molecule has 0 saturated heterocycles. The summed E-state index contributed by atoms with van der Waals surface area (Å²) in [5, 5.41) is 5.84. The van der Waals surface area contributed by atoms with Gasteiger partial charge in [-0.25, -0.2) is 0 Å². The van der Waals surface area contributed by atoms with Crippen molar-refractivity contribution in [3.8, 4) is 0 Å². The lowest BCUT2D eigenvalue weighted by Crippen LogP contribution is -2.35. The molecule has 2 aromatic rings. The number of rotatable bonds is 9. The lowest BCUT2D eigenvalue weighted by atomic mass is 9.98. The van der Waals surface area contributed by atoms with Crippen molar-refractivity contribution in [2.45, 2.75) is 59.0 Å². The SMILES string of the molecule is CCOC(=O)CCC(=O)Nc1ccc(N2CCc3ccccc3C2)c(C(=O)NC(C)CC)c1. The number of hydrogen-bond acceptors (Lipinski definition) is 5. The molecule has 1 heterocycles. The standard InChI is InChI=1S/C26H33N3O4/c1-4-18(3)27-26(32)22-16-21(28-24(30)12-13-25(31)33-5-2)10-11-23(22)29-15-14-19-8-6-7-9-20(19)17-29/h6-11,16,18H,4-5,12-15,17H2,1-3H3,(H,27,32)(H,28,30). The molecule has 0 fully saturated rings. The van der Waals surface area contributed by atoms with Crippen molar-refractivity contribution in [3.63, 3.8) is 0 Å². The van der Waals surface area contributed by atoms with Gasteiger partial charge >= 0.3 is 5.97 Å². The highest BCUT2D eigenvalue weighted by molar-refractivity contribution is 6.02. The van der Waals surface area contributed by atoms with Crippen LogP contribution < -0.4 is 15.5 Å². The summed E-state index contributed by atoms with van der Waals surface area (Å²) in [5.41, 5.74) is 4.49. The van der Waals surface area contributed by atoms with Crippen LogP contribution in [0.5, 0.6) is 0 Å². The van der Waals surface area contributed by atoms with Gasteiger partial charge in [0.15, 0.2) is 0 Å². The fraction of sp³-hybridized carbons (Fsp3) is 0.423. The summed E-state index contributed by atoms with van der Waals surface area (Å²) in [4.78, 5) is 39.2. The predicted octanol–water partition coefficient (Wildman–Crippen LogP) is 4.06. The van der Waals surface area contributed by atoms with Crippen LogP contribution >= 0.6 is 0 Å². The molecule has 33 heavy (non-hydrogen) atoms. The van der Waals surface area contributed by atoms with E-state index < -0.39 is 5.97 Å². The van der Waals surface area contributed by atoms with Crippen LogP contribution in [0.15, 0.2) is 42.5 Å². The summed E-state index contributed by atoms with van der Waals surface area (Å²) >= 11 is 0. The third kappa shape index (κ3) is 6.57. The van der Waals surface area contributed by atoms with Gasteiger partial charge in [-0.1, -0.05) is 31.2 Å². The Morgan fingerprint density at radius 1 is 1.06 bits per heavy atom. The third-order valence-corrected chi connectivity index (χ3v) is 5.85. The van der Waals surface area contributed by atoms with E-state index >= 15 is 0 Å². The number of fused-ring (bicyclic) bond motifs is 1. The van der Waals surface area contributed by atoms with Crippen molar-refractivity contribution in [2.24, 2.45) is 0 Å². The number of nitrogens with one attached hydrogen (secondary N) is 2. The van der Waals surface area contributed by atoms with Gasteiger partial charge in [-0.05, 0) is 56.0 Å². The number of nitrogens with zero attached hydrogens (tertiary/aromatic N) is 1. The van der Waals surface area contributed by atoms with Crippen LogP contribution in [0.4, 0.5) is 11.4 Å². The maximum atomic E-state index is 13.1. The van der Waals surface area contributed by atoms with Gasteiger partial charge in [0.25, 0.3) is 5.91 Å². The second-order valence-corrected chi connectivity index (χ2v) is 8.31. The number of amides is 2. The second-order valence-electron chi connectivity index (χ2n) is 8.31. The number of carbonyl (C=O) groups excluding carboxylic acids is 3. The first-order chi connectivity index (χ1) is 15.9. The van der Waals surface area contributed by atoms with E-state index in [4.69, 9.17) is 4.74 Å². The number of hydrogen-bond donors (Lipinski definition) is 2. The zero-order valence-electron chi connectivity index (χ0n) is 19.6. The van der Waals surface area contributed by atoms with Crippen molar-refractivity contribution in [1.82, 2.24) is 5.32 Å². The molecule has 0 saturated carbocycles. The molecule has 0 bridgehead atoms. The smallest absolute Gasteiger partial charge is 0.306 e. The van der Waals surface area contributed by atoms with E-state index in [0.717, 1.165) is 31.6 Å². The van der Waals surface area contributed by atoms with Crippen molar-refractivity contribution in [3.05, 3.63) is 59.2 Å². The van der Waals surface area contributed by atoms with Gasteiger partial charge in [-0.15, -0.1) is 0 Å². The van der Waals surface area contributed by atoms with E-state index in [1.807, 2.05) is 26.0 Å². The maximum Gasteiger partial charge on any atom is 0.306 e. The van der Waals surface area contributed by atoms with E-state index in [0.29, 0.717) is 11.3 Å².